The normalized spacial score (nSPS) is 17.4. The molecule has 1 aliphatic rings. The molecule has 2 heterocycles. The summed E-state index contributed by atoms with van der Waals surface area (Å²) in [5, 5.41) is 6.91. The largest absolute Gasteiger partial charge is 0.360 e. The predicted molar refractivity (Wildman–Crippen MR) is 95.6 cm³/mol. The van der Waals surface area contributed by atoms with E-state index in [1.165, 1.54) is 4.90 Å². The van der Waals surface area contributed by atoms with Crippen molar-refractivity contribution in [3.05, 3.63) is 41.2 Å². The number of hydrogen-bond donors (Lipinski definition) is 1. The van der Waals surface area contributed by atoms with Gasteiger partial charge in [-0.15, -0.1) is 0 Å². The molecule has 1 aromatic carbocycles. The van der Waals surface area contributed by atoms with Crippen molar-refractivity contribution in [1.82, 2.24) is 5.16 Å². The minimum Gasteiger partial charge on any atom is -0.360 e. The van der Waals surface area contributed by atoms with Gasteiger partial charge < -0.3 is 9.84 Å². The Labute approximate surface area is 147 Å². The van der Waals surface area contributed by atoms with Crippen LogP contribution in [-0.4, -0.2) is 23.5 Å². The van der Waals surface area contributed by atoms with Crippen molar-refractivity contribution >= 4 is 23.3 Å². The molecule has 0 aliphatic carbocycles. The van der Waals surface area contributed by atoms with Crippen molar-refractivity contribution < 1.29 is 14.1 Å². The van der Waals surface area contributed by atoms with Gasteiger partial charge in [-0.1, -0.05) is 37.2 Å². The highest BCUT2D eigenvalue weighted by molar-refractivity contribution is 6.03. The van der Waals surface area contributed by atoms with Crippen LogP contribution in [0, 0.1) is 19.8 Å². The second-order valence-electron chi connectivity index (χ2n) is 6.88. The van der Waals surface area contributed by atoms with Crippen molar-refractivity contribution in [1.29, 1.82) is 0 Å². The number of carbonyl (C=O) groups is 2. The average molecular weight is 341 g/mol. The molecule has 25 heavy (non-hydrogen) atoms. The van der Waals surface area contributed by atoms with Crippen LogP contribution < -0.4 is 10.2 Å². The van der Waals surface area contributed by atoms with Crippen LogP contribution in [0.1, 0.15) is 43.1 Å². The van der Waals surface area contributed by atoms with E-state index in [-0.39, 0.29) is 18.2 Å². The molecule has 1 atom stereocenters. The molecule has 1 fully saturated rings. The Bertz CT molecular complexity index is 810. The number of aromatic nitrogens is 1. The Balaban J connectivity index is 1.76. The topological polar surface area (TPSA) is 75.4 Å². The number of nitrogens with one attached hydrogen (secondary N) is 1. The second kappa shape index (κ2) is 6.70. The molecule has 1 aliphatic heterocycles. The van der Waals surface area contributed by atoms with Gasteiger partial charge in [0.15, 0.2) is 5.82 Å². The first-order valence-electron chi connectivity index (χ1n) is 8.51. The summed E-state index contributed by atoms with van der Waals surface area (Å²) in [6, 6.07) is 7.70. The van der Waals surface area contributed by atoms with Crippen molar-refractivity contribution in [2.45, 2.75) is 40.0 Å². The van der Waals surface area contributed by atoms with E-state index in [1.807, 2.05) is 25.1 Å². The van der Waals surface area contributed by atoms with E-state index in [0.29, 0.717) is 24.0 Å². The monoisotopic (exact) mass is 341 g/mol. The predicted octanol–water partition coefficient (Wildman–Crippen LogP) is 3.41. The standard InChI is InChI=1S/C19H23N3O3/c1-11(2)15-7-5-6-12(3)18(15)20-19(24)14-9-17(23)22(10-14)16-8-13(4)25-21-16/h5-8,11,14H,9-10H2,1-4H3,(H,20,24). The van der Waals surface area contributed by atoms with Crippen molar-refractivity contribution in [2.24, 2.45) is 5.92 Å². The molecule has 0 radical (unpaired) electrons. The SMILES string of the molecule is Cc1cc(N2CC(C(=O)Nc3c(C)cccc3C(C)C)CC2=O)no1. The number of anilines is 2. The molecular formula is C19H23N3O3. The van der Waals surface area contributed by atoms with Crippen molar-refractivity contribution in [2.75, 3.05) is 16.8 Å². The van der Waals surface area contributed by atoms with E-state index in [0.717, 1.165) is 16.8 Å². The van der Waals surface area contributed by atoms with Gasteiger partial charge in [0.2, 0.25) is 11.8 Å². The minimum absolute atomic E-state index is 0.109. The van der Waals surface area contributed by atoms with Crippen LogP contribution in [0.4, 0.5) is 11.5 Å². The number of para-hydroxylation sites is 1. The van der Waals surface area contributed by atoms with E-state index in [9.17, 15) is 9.59 Å². The molecule has 1 unspecified atom stereocenters. The Hall–Kier alpha value is -2.63. The summed E-state index contributed by atoms with van der Waals surface area (Å²) in [7, 11) is 0. The number of benzene rings is 1. The Morgan fingerprint density at radius 1 is 1.36 bits per heavy atom. The Kier molecular flexibility index (Phi) is 4.61. The minimum atomic E-state index is -0.399. The van der Waals surface area contributed by atoms with Gasteiger partial charge in [0.25, 0.3) is 0 Å². The molecule has 2 amide bonds. The van der Waals surface area contributed by atoms with Crippen LogP contribution in [0.25, 0.3) is 0 Å². The van der Waals surface area contributed by atoms with Crippen molar-refractivity contribution in [3.63, 3.8) is 0 Å². The molecule has 1 N–H and O–H groups in total. The zero-order valence-corrected chi connectivity index (χ0v) is 15.0. The molecule has 0 spiro atoms. The molecule has 1 saturated heterocycles. The summed E-state index contributed by atoms with van der Waals surface area (Å²) in [4.78, 5) is 26.5. The molecule has 2 aromatic rings. The molecule has 3 rings (SSSR count). The van der Waals surface area contributed by atoms with Crippen LogP contribution in [0.2, 0.25) is 0 Å². The fourth-order valence-corrected chi connectivity index (χ4v) is 3.15. The van der Waals surface area contributed by atoms with E-state index in [2.05, 4.69) is 24.3 Å². The lowest BCUT2D eigenvalue weighted by Gasteiger charge is -2.18. The number of carbonyl (C=O) groups excluding carboxylic acids is 2. The lowest BCUT2D eigenvalue weighted by Crippen LogP contribution is -2.28. The summed E-state index contributed by atoms with van der Waals surface area (Å²) in [6.45, 7) is 8.26. The fraction of sp³-hybridized carbons (Fsp3) is 0.421. The lowest BCUT2D eigenvalue weighted by atomic mass is 9.97. The van der Waals surface area contributed by atoms with Gasteiger partial charge >= 0.3 is 0 Å². The highest BCUT2D eigenvalue weighted by Crippen LogP contribution is 2.30. The van der Waals surface area contributed by atoms with Gasteiger partial charge in [-0.05, 0) is 30.9 Å². The van der Waals surface area contributed by atoms with Crippen LogP contribution in [-0.2, 0) is 9.59 Å². The summed E-state index contributed by atoms with van der Waals surface area (Å²) in [5.41, 5.74) is 2.97. The Morgan fingerprint density at radius 3 is 2.76 bits per heavy atom. The zero-order chi connectivity index (χ0) is 18.1. The first kappa shape index (κ1) is 17.2. The summed E-state index contributed by atoms with van der Waals surface area (Å²) < 4.78 is 5.03. The number of amides is 2. The van der Waals surface area contributed by atoms with Crippen molar-refractivity contribution in [3.8, 4) is 0 Å². The molecule has 6 nitrogen and oxygen atoms in total. The highest BCUT2D eigenvalue weighted by atomic mass is 16.5. The molecule has 1 aromatic heterocycles. The van der Waals surface area contributed by atoms with Gasteiger partial charge in [-0.2, -0.15) is 0 Å². The summed E-state index contributed by atoms with van der Waals surface area (Å²) in [5.74, 6) is 0.766. The molecule has 0 bridgehead atoms. The molecular weight excluding hydrogens is 318 g/mol. The second-order valence-corrected chi connectivity index (χ2v) is 6.88. The summed E-state index contributed by atoms with van der Waals surface area (Å²) in [6.07, 6.45) is 0.181. The van der Waals surface area contributed by atoms with Gasteiger partial charge in [0.05, 0.1) is 5.92 Å². The maximum absolute atomic E-state index is 12.7. The molecule has 0 saturated carbocycles. The Morgan fingerprint density at radius 2 is 2.12 bits per heavy atom. The van der Waals surface area contributed by atoms with Crippen LogP contribution in [0.5, 0.6) is 0 Å². The third-order valence-electron chi connectivity index (χ3n) is 4.56. The van der Waals surface area contributed by atoms with Gasteiger partial charge in [-0.25, -0.2) is 0 Å². The number of nitrogens with zero attached hydrogens (tertiary/aromatic N) is 2. The van der Waals surface area contributed by atoms with E-state index in [4.69, 9.17) is 4.52 Å². The number of aryl methyl sites for hydroxylation is 2. The maximum atomic E-state index is 12.7. The molecule has 132 valence electrons. The van der Waals surface area contributed by atoms with Gasteiger partial charge in [0, 0.05) is 24.7 Å². The van der Waals surface area contributed by atoms with Gasteiger partial charge in [-0.3, -0.25) is 14.5 Å². The van der Waals surface area contributed by atoms with Gasteiger partial charge in [0.1, 0.15) is 5.76 Å². The van der Waals surface area contributed by atoms with Crippen LogP contribution in [0.3, 0.4) is 0 Å². The van der Waals surface area contributed by atoms with Crippen LogP contribution in [0.15, 0.2) is 28.8 Å². The van der Waals surface area contributed by atoms with Crippen LogP contribution >= 0.6 is 0 Å². The third-order valence-corrected chi connectivity index (χ3v) is 4.56. The third kappa shape index (κ3) is 3.43. The summed E-state index contributed by atoms with van der Waals surface area (Å²) >= 11 is 0. The molecule has 6 heteroatoms. The first-order chi connectivity index (χ1) is 11.9. The number of hydrogen-bond acceptors (Lipinski definition) is 4. The quantitative estimate of drug-likeness (QED) is 0.925. The first-order valence-corrected chi connectivity index (χ1v) is 8.51. The zero-order valence-electron chi connectivity index (χ0n) is 15.0. The van der Waals surface area contributed by atoms with E-state index < -0.39 is 5.92 Å². The lowest BCUT2D eigenvalue weighted by molar-refractivity contribution is -0.122. The average Bonchev–Trinajstić information content (AvgIpc) is 3.14. The van der Waals surface area contributed by atoms with E-state index in [1.54, 1.807) is 13.0 Å². The smallest absolute Gasteiger partial charge is 0.229 e. The van der Waals surface area contributed by atoms with E-state index >= 15 is 0 Å². The highest BCUT2D eigenvalue weighted by Gasteiger charge is 2.36. The fourth-order valence-electron chi connectivity index (χ4n) is 3.15. The number of rotatable bonds is 4. The maximum Gasteiger partial charge on any atom is 0.229 e.